The van der Waals surface area contributed by atoms with Crippen LogP contribution in [0, 0.1) is 13.8 Å². The number of carbonyl (C=O) groups excluding carboxylic acids is 1. The van der Waals surface area contributed by atoms with E-state index in [1.807, 2.05) is 74.5 Å². The van der Waals surface area contributed by atoms with Crippen molar-refractivity contribution in [1.29, 1.82) is 0 Å². The average Bonchev–Trinajstić information content (AvgIpc) is 3.18. The van der Waals surface area contributed by atoms with Gasteiger partial charge in [0, 0.05) is 11.3 Å². The Morgan fingerprint density at radius 3 is 2.35 bits per heavy atom. The van der Waals surface area contributed by atoms with Crippen molar-refractivity contribution in [2.45, 2.75) is 25.5 Å². The van der Waals surface area contributed by atoms with Crippen molar-refractivity contribution >= 4 is 23.4 Å². The quantitative estimate of drug-likeness (QED) is 0.404. The summed E-state index contributed by atoms with van der Waals surface area (Å²) in [5.41, 5.74) is 5.22. The molecule has 1 N–H and O–H groups in total. The molecular weight excluding hydrogens is 404 g/mol. The third kappa shape index (κ3) is 5.22. The smallest absolute Gasteiger partial charge is 0.234 e. The van der Waals surface area contributed by atoms with Crippen molar-refractivity contribution in [3.8, 4) is 11.4 Å². The molecule has 0 atom stereocenters. The third-order valence-electron chi connectivity index (χ3n) is 4.92. The maximum Gasteiger partial charge on any atom is 0.234 e. The zero-order valence-corrected chi connectivity index (χ0v) is 18.4. The molecule has 5 nitrogen and oxygen atoms in total. The minimum atomic E-state index is -0.0625. The number of rotatable bonds is 7. The summed E-state index contributed by atoms with van der Waals surface area (Å²) in [5.74, 6) is 0.990. The van der Waals surface area contributed by atoms with Gasteiger partial charge in [-0.05, 0) is 31.0 Å². The van der Waals surface area contributed by atoms with Crippen LogP contribution in [0.2, 0.25) is 0 Å². The summed E-state index contributed by atoms with van der Waals surface area (Å²) in [4.78, 5) is 12.6. The van der Waals surface area contributed by atoms with Crippen molar-refractivity contribution in [2.24, 2.45) is 0 Å². The number of anilines is 1. The van der Waals surface area contributed by atoms with Crippen LogP contribution in [0.1, 0.15) is 16.7 Å². The van der Waals surface area contributed by atoms with Crippen molar-refractivity contribution in [3.63, 3.8) is 0 Å². The van der Waals surface area contributed by atoms with E-state index in [-0.39, 0.29) is 11.7 Å². The van der Waals surface area contributed by atoms with Crippen LogP contribution in [0.4, 0.5) is 5.69 Å². The Kier molecular flexibility index (Phi) is 6.48. The van der Waals surface area contributed by atoms with E-state index in [1.54, 1.807) is 0 Å². The molecule has 0 spiro atoms. The summed E-state index contributed by atoms with van der Waals surface area (Å²) < 4.78 is 2.07. The number of benzene rings is 3. The minimum Gasteiger partial charge on any atom is -0.325 e. The number of hydrogen-bond donors (Lipinski definition) is 1. The number of nitrogens with zero attached hydrogens (tertiary/aromatic N) is 3. The Morgan fingerprint density at radius 2 is 1.65 bits per heavy atom. The molecule has 0 aliphatic carbocycles. The van der Waals surface area contributed by atoms with Crippen molar-refractivity contribution < 1.29 is 4.79 Å². The summed E-state index contributed by atoms with van der Waals surface area (Å²) in [5, 5.41) is 12.5. The molecule has 0 unspecified atom stereocenters. The molecule has 0 saturated carbocycles. The molecule has 4 rings (SSSR count). The van der Waals surface area contributed by atoms with E-state index >= 15 is 0 Å². The Labute approximate surface area is 186 Å². The van der Waals surface area contributed by atoms with Gasteiger partial charge in [-0.15, -0.1) is 10.2 Å². The molecule has 4 aromatic rings. The number of hydrogen-bond acceptors (Lipinski definition) is 4. The van der Waals surface area contributed by atoms with Gasteiger partial charge in [0.05, 0.1) is 12.3 Å². The highest BCUT2D eigenvalue weighted by Crippen LogP contribution is 2.25. The second kappa shape index (κ2) is 9.62. The second-order valence-corrected chi connectivity index (χ2v) is 8.34. The fourth-order valence-corrected chi connectivity index (χ4v) is 4.11. The van der Waals surface area contributed by atoms with E-state index in [9.17, 15) is 4.79 Å². The van der Waals surface area contributed by atoms with Crippen LogP contribution in [0.5, 0.6) is 0 Å². The molecule has 31 heavy (non-hydrogen) atoms. The Bertz CT molecular complexity index is 1170. The standard InChI is InChI=1S/C25H24N4OS/c1-18-13-14-22(19(2)15-18)26-23(30)17-31-25-28-27-24(21-11-7-4-8-12-21)29(25)16-20-9-5-3-6-10-20/h3-15H,16-17H2,1-2H3,(H,26,30). The predicted octanol–water partition coefficient (Wildman–Crippen LogP) is 5.34. The Balaban J connectivity index is 1.53. The summed E-state index contributed by atoms with van der Waals surface area (Å²) in [6.07, 6.45) is 0. The van der Waals surface area contributed by atoms with Gasteiger partial charge in [-0.2, -0.15) is 0 Å². The summed E-state index contributed by atoms with van der Waals surface area (Å²) in [6.45, 7) is 4.68. The average molecular weight is 429 g/mol. The van der Waals surface area contributed by atoms with Gasteiger partial charge in [0.25, 0.3) is 0 Å². The van der Waals surface area contributed by atoms with E-state index in [1.165, 1.54) is 17.3 Å². The summed E-state index contributed by atoms with van der Waals surface area (Å²) >= 11 is 1.40. The lowest BCUT2D eigenvalue weighted by atomic mass is 10.1. The van der Waals surface area contributed by atoms with E-state index in [2.05, 4.69) is 38.3 Å². The van der Waals surface area contributed by atoms with Crippen LogP contribution < -0.4 is 5.32 Å². The lowest BCUT2D eigenvalue weighted by molar-refractivity contribution is -0.113. The zero-order chi connectivity index (χ0) is 21.6. The monoisotopic (exact) mass is 428 g/mol. The van der Waals surface area contributed by atoms with Crippen LogP contribution in [0.3, 0.4) is 0 Å². The van der Waals surface area contributed by atoms with E-state index in [0.29, 0.717) is 6.54 Å². The molecule has 0 radical (unpaired) electrons. The highest BCUT2D eigenvalue weighted by molar-refractivity contribution is 7.99. The number of aromatic nitrogens is 3. The number of amides is 1. The van der Waals surface area contributed by atoms with Gasteiger partial charge >= 0.3 is 0 Å². The fourth-order valence-electron chi connectivity index (χ4n) is 3.38. The van der Waals surface area contributed by atoms with E-state index in [0.717, 1.165) is 33.4 Å². The number of aryl methyl sites for hydroxylation is 2. The molecule has 0 fully saturated rings. The largest absolute Gasteiger partial charge is 0.325 e. The van der Waals surface area contributed by atoms with Gasteiger partial charge in [-0.3, -0.25) is 9.36 Å². The van der Waals surface area contributed by atoms with Crippen molar-refractivity contribution in [3.05, 3.63) is 95.6 Å². The van der Waals surface area contributed by atoms with Crippen LogP contribution in [0.15, 0.2) is 84.0 Å². The maximum absolute atomic E-state index is 12.6. The zero-order valence-electron chi connectivity index (χ0n) is 17.6. The number of thioether (sulfide) groups is 1. The molecule has 1 amide bonds. The topological polar surface area (TPSA) is 59.8 Å². The molecule has 0 aliphatic heterocycles. The third-order valence-corrected chi connectivity index (χ3v) is 5.89. The number of carbonyl (C=O) groups is 1. The van der Waals surface area contributed by atoms with E-state index < -0.39 is 0 Å². The highest BCUT2D eigenvalue weighted by Gasteiger charge is 2.16. The SMILES string of the molecule is Cc1ccc(NC(=O)CSc2nnc(-c3ccccc3)n2Cc2ccccc2)c(C)c1. The first-order valence-corrected chi connectivity index (χ1v) is 11.1. The van der Waals surface area contributed by atoms with Crippen molar-refractivity contribution in [1.82, 2.24) is 14.8 Å². The van der Waals surface area contributed by atoms with Gasteiger partial charge in [0.2, 0.25) is 5.91 Å². The van der Waals surface area contributed by atoms with Crippen LogP contribution in [-0.2, 0) is 11.3 Å². The molecular formula is C25H24N4OS. The van der Waals surface area contributed by atoms with Crippen LogP contribution in [0.25, 0.3) is 11.4 Å². The van der Waals surface area contributed by atoms with Gasteiger partial charge in [0.15, 0.2) is 11.0 Å². The maximum atomic E-state index is 12.6. The molecule has 0 bridgehead atoms. The molecule has 1 aromatic heterocycles. The molecule has 0 saturated heterocycles. The molecule has 156 valence electrons. The van der Waals surface area contributed by atoms with Crippen LogP contribution in [-0.4, -0.2) is 26.4 Å². The van der Waals surface area contributed by atoms with Crippen LogP contribution >= 0.6 is 11.8 Å². The lowest BCUT2D eigenvalue weighted by Crippen LogP contribution is -2.15. The van der Waals surface area contributed by atoms with Gasteiger partial charge in [0.1, 0.15) is 0 Å². The first kappa shape index (κ1) is 20.9. The van der Waals surface area contributed by atoms with Gasteiger partial charge < -0.3 is 5.32 Å². The normalized spacial score (nSPS) is 10.8. The fraction of sp³-hybridized carbons (Fsp3) is 0.160. The molecule has 0 aliphatic rings. The predicted molar refractivity (Wildman–Crippen MR) is 126 cm³/mol. The summed E-state index contributed by atoms with van der Waals surface area (Å²) in [7, 11) is 0. The van der Waals surface area contributed by atoms with Gasteiger partial charge in [-0.25, -0.2) is 0 Å². The first-order valence-electron chi connectivity index (χ1n) is 10.1. The highest BCUT2D eigenvalue weighted by atomic mass is 32.2. The second-order valence-electron chi connectivity index (χ2n) is 7.40. The Morgan fingerprint density at radius 1 is 0.935 bits per heavy atom. The minimum absolute atomic E-state index is 0.0625. The number of nitrogens with one attached hydrogen (secondary N) is 1. The molecule has 1 heterocycles. The van der Waals surface area contributed by atoms with Crippen molar-refractivity contribution in [2.75, 3.05) is 11.1 Å². The first-order chi connectivity index (χ1) is 15.1. The van der Waals surface area contributed by atoms with Gasteiger partial charge in [-0.1, -0.05) is 90.1 Å². The molecule has 3 aromatic carbocycles. The lowest BCUT2D eigenvalue weighted by Gasteiger charge is -2.11. The van der Waals surface area contributed by atoms with E-state index in [4.69, 9.17) is 0 Å². The summed E-state index contributed by atoms with van der Waals surface area (Å²) in [6, 6.07) is 26.2. The molecule has 6 heteroatoms. The Hall–Kier alpha value is -3.38.